The van der Waals surface area contributed by atoms with E-state index in [0.717, 1.165) is 24.6 Å². The number of halogens is 1. The molecule has 5 rings (SSSR count). The molecule has 4 aliphatic heterocycles. The minimum Gasteiger partial charge on any atom is -0.351 e. The Morgan fingerprint density at radius 2 is 1.96 bits per heavy atom. The Kier molecular flexibility index (Phi) is 4.31. The molecule has 1 aliphatic carbocycles. The highest BCUT2D eigenvalue weighted by atomic mass is 79.9. The van der Waals surface area contributed by atoms with E-state index in [1.165, 1.54) is 6.42 Å². The average molecular weight is 391 g/mol. The maximum Gasteiger partial charge on any atom is 0.201 e. The Hall–Kier alpha value is 0.280. The summed E-state index contributed by atoms with van der Waals surface area (Å²) in [7, 11) is 0. The zero-order valence-corrected chi connectivity index (χ0v) is 15.7. The monoisotopic (exact) mass is 390 g/mol. The minimum absolute atomic E-state index is 0.242. The predicted octanol–water partition coefficient (Wildman–Crippen LogP) is 3.61. The molecule has 8 atom stereocenters. The van der Waals surface area contributed by atoms with Gasteiger partial charge in [-0.25, -0.2) is 9.78 Å². The Balaban J connectivity index is 1.70. The second-order valence-corrected chi connectivity index (χ2v) is 8.63. The molecule has 6 heteroatoms. The first kappa shape index (κ1) is 16.7. The molecule has 0 N–H and O–H groups in total. The molecule has 0 aromatic heterocycles. The van der Waals surface area contributed by atoms with E-state index in [9.17, 15) is 0 Å². The SMILES string of the molecule is C[C@H]1C(OCCBr)OC2O[C@]3(C)CCC4[C@H](C)CCC1[C@@]24OO3. The summed E-state index contributed by atoms with van der Waals surface area (Å²) in [6.45, 7) is 7.13. The molecule has 132 valence electrons. The van der Waals surface area contributed by atoms with Gasteiger partial charge in [-0.2, -0.15) is 0 Å². The highest BCUT2D eigenvalue weighted by Gasteiger charge is 2.69. The van der Waals surface area contributed by atoms with Crippen molar-refractivity contribution in [1.29, 1.82) is 0 Å². The van der Waals surface area contributed by atoms with E-state index in [1.54, 1.807) is 0 Å². The molecule has 23 heavy (non-hydrogen) atoms. The summed E-state index contributed by atoms with van der Waals surface area (Å²) in [5, 5.41) is 0.803. The smallest absolute Gasteiger partial charge is 0.201 e. The molecule has 4 heterocycles. The predicted molar refractivity (Wildman–Crippen MR) is 86.6 cm³/mol. The highest BCUT2D eigenvalue weighted by Crippen LogP contribution is 2.60. The first-order valence-electron chi connectivity index (χ1n) is 8.88. The van der Waals surface area contributed by atoms with Crippen LogP contribution in [0.5, 0.6) is 0 Å². The van der Waals surface area contributed by atoms with E-state index in [1.807, 2.05) is 6.92 Å². The lowest BCUT2D eigenvalue weighted by Crippen LogP contribution is -2.70. The van der Waals surface area contributed by atoms with Crippen LogP contribution in [0.3, 0.4) is 0 Å². The molecule has 1 saturated carbocycles. The second kappa shape index (κ2) is 5.92. The molecule has 0 aromatic carbocycles. The van der Waals surface area contributed by atoms with Crippen LogP contribution in [0.15, 0.2) is 0 Å². The van der Waals surface area contributed by atoms with Crippen molar-refractivity contribution in [1.82, 2.24) is 0 Å². The van der Waals surface area contributed by atoms with Crippen molar-refractivity contribution in [3.63, 3.8) is 0 Å². The standard InChI is InChI=1S/C17H27BrO5/c1-10-4-5-13-11(2)14(19-9-8-18)20-15-17(13)12(10)6-7-16(3,21-15)22-23-17/h10-15H,4-9H2,1-3H3/t10-,11-,12?,13?,14?,15?,16+,17-/m1/s1. The van der Waals surface area contributed by atoms with Gasteiger partial charge in [-0.1, -0.05) is 29.8 Å². The molecule has 5 nitrogen and oxygen atoms in total. The van der Waals surface area contributed by atoms with Gasteiger partial charge in [-0.05, 0) is 38.0 Å². The summed E-state index contributed by atoms with van der Waals surface area (Å²) in [5.41, 5.74) is -0.485. The molecular weight excluding hydrogens is 364 g/mol. The topological polar surface area (TPSA) is 46.2 Å². The lowest BCUT2D eigenvalue weighted by atomic mass is 9.58. The summed E-state index contributed by atoms with van der Waals surface area (Å²) < 4.78 is 18.5. The molecule has 4 unspecified atom stereocenters. The molecule has 0 radical (unpaired) electrons. The van der Waals surface area contributed by atoms with Crippen molar-refractivity contribution >= 4 is 15.9 Å². The molecule has 1 spiro atoms. The van der Waals surface area contributed by atoms with Crippen LogP contribution >= 0.6 is 15.9 Å². The summed E-state index contributed by atoms with van der Waals surface area (Å²) in [6.07, 6.45) is 3.59. The third kappa shape index (κ3) is 2.44. The number of fused-ring (bicyclic) bond motifs is 2. The molecule has 4 saturated heterocycles. The lowest BCUT2D eigenvalue weighted by Gasteiger charge is -2.60. The van der Waals surface area contributed by atoms with E-state index >= 15 is 0 Å². The van der Waals surface area contributed by atoms with E-state index in [-0.39, 0.29) is 12.2 Å². The summed E-state index contributed by atoms with van der Waals surface area (Å²) in [5.74, 6) is 0.894. The number of hydrogen-bond acceptors (Lipinski definition) is 5. The van der Waals surface area contributed by atoms with Gasteiger partial charge < -0.3 is 14.2 Å². The first-order chi connectivity index (χ1) is 11.0. The quantitative estimate of drug-likeness (QED) is 0.544. The Morgan fingerprint density at radius 1 is 1.13 bits per heavy atom. The van der Waals surface area contributed by atoms with Crippen molar-refractivity contribution in [2.24, 2.45) is 23.7 Å². The van der Waals surface area contributed by atoms with Crippen molar-refractivity contribution in [3.8, 4) is 0 Å². The molecule has 2 bridgehead atoms. The van der Waals surface area contributed by atoms with Gasteiger partial charge in [0.25, 0.3) is 0 Å². The maximum absolute atomic E-state index is 6.29. The zero-order valence-electron chi connectivity index (χ0n) is 14.1. The van der Waals surface area contributed by atoms with Crippen molar-refractivity contribution in [2.45, 2.75) is 70.4 Å². The van der Waals surface area contributed by atoms with E-state index in [4.69, 9.17) is 24.0 Å². The lowest BCUT2D eigenvalue weighted by molar-refractivity contribution is -0.577. The zero-order chi connectivity index (χ0) is 16.2. The van der Waals surface area contributed by atoms with Gasteiger partial charge in [0.2, 0.25) is 5.79 Å². The molecule has 5 aliphatic rings. The Morgan fingerprint density at radius 3 is 2.74 bits per heavy atom. The van der Waals surface area contributed by atoms with Crippen LogP contribution in [0.1, 0.15) is 46.5 Å². The van der Waals surface area contributed by atoms with Crippen LogP contribution in [0.25, 0.3) is 0 Å². The van der Waals surface area contributed by atoms with Crippen molar-refractivity contribution in [3.05, 3.63) is 0 Å². The van der Waals surface area contributed by atoms with E-state index < -0.39 is 17.7 Å². The van der Waals surface area contributed by atoms with Gasteiger partial charge >= 0.3 is 0 Å². The van der Waals surface area contributed by atoms with Crippen LogP contribution < -0.4 is 0 Å². The maximum atomic E-state index is 6.29. The summed E-state index contributed by atoms with van der Waals surface area (Å²) in [6, 6.07) is 0. The fraction of sp³-hybridized carbons (Fsp3) is 1.00. The van der Waals surface area contributed by atoms with Gasteiger partial charge in [0.05, 0.1) is 6.61 Å². The van der Waals surface area contributed by atoms with Crippen LogP contribution in [-0.4, -0.2) is 35.9 Å². The van der Waals surface area contributed by atoms with Gasteiger partial charge in [-0.3, -0.25) is 0 Å². The van der Waals surface area contributed by atoms with Gasteiger partial charge in [0.15, 0.2) is 18.2 Å². The van der Waals surface area contributed by atoms with Crippen LogP contribution in [0.2, 0.25) is 0 Å². The van der Waals surface area contributed by atoms with Crippen LogP contribution in [0.4, 0.5) is 0 Å². The first-order valence-corrected chi connectivity index (χ1v) is 10.00. The molecular formula is C17H27BrO5. The minimum atomic E-state index is -0.710. The highest BCUT2D eigenvalue weighted by molar-refractivity contribution is 9.09. The Bertz CT molecular complexity index is 462. The molecule has 0 aromatic rings. The van der Waals surface area contributed by atoms with E-state index in [0.29, 0.717) is 24.4 Å². The van der Waals surface area contributed by atoms with Gasteiger partial charge in [-0.15, -0.1) is 0 Å². The normalized spacial score (nSPS) is 55.3. The number of rotatable bonds is 3. The van der Waals surface area contributed by atoms with Crippen molar-refractivity contribution in [2.75, 3.05) is 11.9 Å². The largest absolute Gasteiger partial charge is 0.351 e. The summed E-state index contributed by atoms with van der Waals surface area (Å²) >= 11 is 3.42. The second-order valence-electron chi connectivity index (χ2n) is 7.83. The van der Waals surface area contributed by atoms with Crippen molar-refractivity contribution < 1.29 is 24.0 Å². The fourth-order valence-corrected chi connectivity index (χ4v) is 5.41. The third-order valence-electron chi connectivity index (χ3n) is 6.46. The third-order valence-corrected chi connectivity index (χ3v) is 6.78. The number of ether oxygens (including phenoxy) is 3. The average Bonchev–Trinajstić information content (AvgIpc) is 2.76. The van der Waals surface area contributed by atoms with E-state index in [2.05, 4.69) is 29.8 Å². The molecule has 5 fully saturated rings. The Labute approximate surface area is 146 Å². The van der Waals surface area contributed by atoms with Crippen LogP contribution in [-0.2, 0) is 24.0 Å². The fourth-order valence-electron chi connectivity index (χ4n) is 5.22. The van der Waals surface area contributed by atoms with Gasteiger partial charge in [0.1, 0.15) is 0 Å². The van der Waals surface area contributed by atoms with Gasteiger partial charge in [0, 0.05) is 23.6 Å². The molecule has 0 amide bonds. The van der Waals surface area contributed by atoms with Crippen LogP contribution in [0, 0.1) is 23.7 Å². The number of hydrogen-bond donors (Lipinski definition) is 0. The number of alkyl halides is 1. The summed E-state index contributed by atoms with van der Waals surface area (Å²) in [4.78, 5) is 11.9.